The Morgan fingerprint density at radius 3 is 2.83 bits per heavy atom. The summed E-state index contributed by atoms with van der Waals surface area (Å²) in [5.74, 6) is 0.514. The highest BCUT2D eigenvalue weighted by molar-refractivity contribution is 6.30. The molecule has 1 aromatic carbocycles. The maximum atomic E-state index is 13.1. The van der Waals surface area contributed by atoms with Gasteiger partial charge in [-0.25, -0.2) is 9.97 Å². The number of benzene rings is 1. The van der Waals surface area contributed by atoms with Crippen molar-refractivity contribution >= 4 is 29.3 Å². The fraction of sp³-hybridized carbons (Fsp3) is 0.483. The van der Waals surface area contributed by atoms with Crippen LogP contribution in [0.4, 0.5) is 0 Å². The van der Waals surface area contributed by atoms with Crippen molar-refractivity contribution in [2.45, 2.75) is 58.0 Å². The predicted molar refractivity (Wildman–Crippen MR) is 158 cm³/mol. The van der Waals surface area contributed by atoms with E-state index < -0.39 is 11.9 Å². The first kappa shape index (κ1) is 31.0. The van der Waals surface area contributed by atoms with Crippen LogP contribution in [0.1, 0.15) is 60.2 Å². The van der Waals surface area contributed by atoms with Crippen LogP contribution in [0.5, 0.6) is 5.75 Å². The summed E-state index contributed by atoms with van der Waals surface area (Å²) in [4.78, 5) is 55.8. The highest BCUT2D eigenvalue weighted by Gasteiger charge is 2.23. The van der Waals surface area contributed by atoms with Gasteiger partial charge in [-0.05, 0) is 44.0 Å². The summed E-state index contributed by atoms with van der Waals surface area (Å²) in [5, 5.41) is 9.11. The molecule has 226 valence electrons. The van der Waals surface area contributed by atoms with Gasteiger partial charge in [0.05, 0.1) is 25.1 Å². The number of ether oxygens (including phenoxy) is 1. The second kappa shape index (κ2) is 15.9. The summed E-state index contributed by atoms with van der Waals surface area (Å²) in [6, 6.07) is 5.92. The normalized spacial score (nSPS) is 18.1. The molecular weight excluding hydrogens is 560 g/mol. The molecular formula is C29H39ClN8O4. The highest BCUT2D eigenvalue weighted by Crippen LogP contribution is 2.17. The van der Waals surface area contributed by atoms with Crippen LogP contribution in [-0.2, 0) is 29.0 Å². The Kier molecular flexibility index (Phi) is 11.8. The van der Waals surface area contributed by atoms with Crippen molar-refractivity contribution in [3.8, 4) is 5.75 Å². The first-order valence-corrected chi connectivity index (χ1v) is 14.8. The van der Waals surface area contributed by atoms with Gasteiger partial charge in [-0.2, -0.15) is 0 Å². The lowest BCUT2D eigenvalue weighted by Crippen LogP contribution is -2.48. The summed E-state index contributed by atoms with van der Waals surface area (Å²) < 4.78 is 5.78. The zero-order valence-electron chi connectivity index (χ0n) is 23.9. The SMILES string of the molecule is CCCCc1nc(Cl)c(CN2CCCCNC(=O)[C@H](Cc3cnc[nH]3)NC(=O)c3cccc(c3)OCCNC(=O)C2)[nH]1. The van der Waals surface area contributed by atoms with E-state index in [1.54, 1.807) is 30.5 Å². The van der Waals surface area contributed by atoms with E-state index in [0.717, 1.165) is 42.9 Å². The number of aryl methyl sites for hydroxylation is 1. The summed E-state index contributed by atoms with van der Waals surface area (Å²) >= 11 is 6.42. The van der Waals surface area contributed by atoms with Gasteiger partial charge >= 0.3 is 0 Å². The number of H-pyrrole nitrogens is 2. The number of hydrogen-bond acceptors (Lipinski definition) is 7. The molecule has 0 unspecified atom stereocenters. The lowest BCUT2D eigenvalue weighted by atomic mass is 10.1. The van der Waals surface area contributed by atoms with Crippen LogP contribution in [0.25, 0.3) is 0 Å². The van der Waals surface area contributed by atoms with Gasteiger partial charge in [0.2, 0.25) is 11.8 Å². The molecule has 0 spiro atoms. The van der Waals surface area contributed by atoms with Crippen LogP contribution >= 0.6 is 11.6 Å². The van der Waals surface area contributed by atoms with E-state index in [0.29, 0.717) is 49.1 Å². The van der Waals surface area contributed by atoms with Crippen LogP contribution in [0.3, 0.4) is 0 Å². The van der Waals surface area contributed by atoms with Crippen LogP contribution in [0.2, 0.25) is 5.15 Å². The number of rotatable bonds is 7. The Morgan fingerprint density at radius 1 is 1.14 bits per heavy atom. The van der Waals surface area contributed by atoms with Crippen LogP contribution in [0.15, 0.2) is 36.8 Å². The Balaban J connectivity index is 1.45. The van der Waals surface area contributed by atoms with Crippen molar-refractivity contribution in [3.05, 3.63) is 64.7 Å². The third-order valence-electron chi connectivity index (χ3n) is 6.88. The number of unbranched alkanes of at least 4 members (excludes halogenated alkanes) is 1. The number of nitrogens with one attached hydrogen (secondary N) is 5. The zero-order chi connectivity index (χ0) is 29.7. The monoisotopic (exact) mass is 598 g/mol. The predicted octanol–water partition coefficient (Wildman–Crippen LogP) is 2.38. The van der Waals surface area contributed by atoms with Gasteiger partial charge in [-0.3, -0.25) is 19.3 Å². The molecule has 13 heteroatoms. The minimum atomic E-state index is -0.799. The van der Waals surface area contributed by atoms with Gasteiger partial charge in [0, 0.05) is 43.4 Å². The fourth-order valence-electron chi connectivity index (χ4n) is 4.65. The number of nitrogens with zero attached hydrogens (tertiary/aromatic N) is 3. The summed E-state index contributed by atoms with van der Waals surface area (Å²) in [5.41, 5.74) is 1.87. The highest BCUT2D eigenvalue weighted by atomic mass is 35.5. The molecule has 1 atom stereocenters. The molecule has 0 radical (unpaired) electrons. The second-order valence-corrected chi connectivity index (χ2v) is 10.7. The third kappa shape index (κ3) is 9.59. The number of amides is 3. The van der Waals surface area contributed by atoms with E-state index in [1.165, 1.54) is 6.33 Å². The first-order valence-electron chi connectivity index (χ1n) is 14.4. The van der Waals surface area contributed by atoms with Gasteiger partial charge in [0.25, 0.3) is 5.91 Å². The second-order valence-electron chi connectivity index (χ2n) is 10.3. The molecule has 3 amide bonds. The molecule has 0 saturated carbocycles. The first-order chi connectivity index (χ1) is 20.4. The molecule has 4 rings (SSSR count). The van der Waals surface area contributed by atoms with E-state index in [1.807, 2.05) is 4.90 Å². The number of carbonyl (C=O) groups is 3. The molecule has 3 aromatic rings. The van der Waals surface area contributed by atoms with Gasteiger partial charge in [0.15, 0.2) is 5.15 Å². The quantitative estimate of drug-likeness (QED) is 0.279. The Bertz CT molecular complexity index is 1310. The Hall–Kier alpha value is -3.90. The number of aromatic nitrogens is 4. The van der Waals surface area contributed by atoms with Crippen LogP contribution in [0, 0.1) is 0 Å². The van der Waals surface area contributed by atoms with E-state index in [2.05, 4.69) is 42.8 Å². The molecule has 0 saturated heterocycles. The molecule has 0 fully saturated rings. The number of hydrogen-bond donors (Lipinski definition) is 5. The minimum Gasteiger partial charge on any atom is -0.492 e. The number of imidazole rings is 2. The minimum absolute atomic E-state index is 0.138. The molecule has 12 nitrogen and oxygen atoms in total. The van der Waals surface area contributed by atoms with Crippen molar-refractivity contribution in [1.29, 1.82) is 0 Å². The van der Waals surface area contributed by atoms with Crippen LogP contribution < -0.4 is 20.7 Å². The number of carbonyl (C=O) groups excluding carboxylic acids is 3. The largest absolute Gasteiger partial charge is 0.492 e. The van der Waals surface area contributed by atoms with E-state index in [4.69, 9.17) is 16.3 Å². The maximum absolute atomic E-state index is 13.1. The number of halogens is 1. The van der Waals surface area contributed by atoms with Gasteiger partial charge in [-0.15, -0.1) is 0 Å². The molecule has 1 aliphatic rings. The van der Waals surface area contributed by atoms with Crippen molar-refractivity contribution in [2.24, 2.45) is 0 Å². The Morgan fingerprint density at radius 2 is 2.02 bits per heavy atom. The molecule has 0 aliphatic carbocycles. The lowest BCUT2D eigenvalue weighted by molar-refractivity contribution is -0.123. The standard InChI is InChI=1S/C29H39ClN8O4/c1-2-3-9-25-35-24(27(30)37-25)17-38-12-5-4-10-33-29(41)23(15-21-16-31-19-34-21)36-28(40)20-7-6-8-22(14-20)42-13-11-32-26(39)18-38/h6-8,14,16,19,23H,2-5,9-13,15,17-18H2,1H3,(H,31,34)(H,32,39)(H,33,41)(H,35,37)(H,36,40)/t23-/m0/s1. The van der Waals surface area contributed by atoms with Crippen molar-refractivity contribution in [1.82, 2.24) is 40.8 Å². The van der Waals surface area contributed by atoms with E-state index >= 15 is 0 Å². The molecule has 42 heavy (non-hydrogen) atoms. The third-order valence-corrected chi connectivity index (χ3v) is 7.20. The number of aromatic amines is 2. The van der Waals surface area contributed by atoms with Gasteiger partial charge < -0.3 is 30.7 Å². The molecule has 5 N–H and O–H groups in total. The summed E-state index contributed by atoms with van der Waals surface area (Å²) in [6.45, 7) is 4.31. The van der Waals surface area contributed by atoms with Gasteiger partial charge in [-0.1, -0.05) is 31.0 Å². The van der Waals surface area contributed by atoms with Crippen molar-refractivity contribution < 1.29 is 19.1 Å². The van der Waals surface area contributed by atoms with E-state index in [-0.39, 0.29) is 31.4 Å². The average Bonchev–Trinajstić information content (AvgIpc) is 3.62. The van der Waals surface area contributed by atoms with Gasteiger partial charge in [0.1, 0.15) is 24.2 Å². The topological polar surface area (TPSA) is 157 Å². The lowest BCUT2D eigenvalue weighted by Gasteiger charge is -2.22. The van der Waals surface area contributed by atoms with Crippen LogP contribution in [-0.4, -0.2) is 81.4 Å². The average molecular weight is 599 g/mol. The molecule has 3 heterocycles. The van der Waals surface area contributed by atoms with Crippen molar-refractivity contribution in [2.75, 3.05) is 32.8 Å². The Labute approximate surface area is 250 Å². The summed E-state index contributed by atoms with van der Waals surface area (Å²) in [6.07, 6.45) is 7.74. The fourth-order valence-corrected chi connectivity index (χ4v) is 4.86. The maximum Gasteiger partial charge on any atom is 0.252 e. The van der Waals surface area contributed by atoms with Crippen molar-refractivity contribution in [3.63, 3.8) is 0 Å². The zero-order valence-corrected chi connectivity index (χ0v) is 24.6. The molecule has 2 aromatic heterocycles. The van der Waals surface area contributed by atoms with E-state index in [9.17, 15) is 14.4 Å². The number of fused-ring (bicyclic) bond motifs is 2. The molecule has 1 aliphatic heterocycles. The molecule has 2 bridgehead atoms. The summed E-state index contributed by atoms with van der Waals surface area (Å²) in [7, 11) is 0. The smallest absolute Gasteiger partial charge is 0.252 e.